The number of rotatable bonds is 4. The summed E-state index contributed by atoms with van der Waals surface area (Å²) >= 11 is 0. The van der Waals surface area contributed by atoms with E-state index in [0.717, 1.165) is 44.7 Å². The van der Waals surface area contributed by atoms with Gasteiger partial charge in [-0.3, -0.25) is 9.36 Å². The summed E-state index contributed by atoms with van der Waals surface area (Å²) in [6, 6.07) is 12.0. The molecular weight excluding hydrogens is 328 g/mol. The van der Waals surface area contributed by atoms with E-state index in [1.807, 2.05) is 53.7 Å². The monoisotopic (exact) mass is 350 g/mol. The molecule has 0 bridgehead atoms. The highest BCUT2D eigenvalue weighted by Gasteiger charge is 2.21. The second-order valence-corrected chi connectivity index (χ2v) is 6.48. The minimum atomic E-state index is -0.0332. The van der Waals surface area contributed by atoms with Crippen molar-refractivity contribution < 1.29 is 9.47 Å². The quantitative estimate of drug-likeness (QED) is 0.561. The number of ether oxygens (including phenoxy) is 2. The fraction of sp³-hybridized carbons (Fsp3) is 0.300. The van der Waals surface area contributed by atoms with Gasteiger partial charge in [0.15, 0.2) is 0 Å². The molecule has 0 N–H and O–H groups in total. The Hall–Kier alpha value is -3.02. The molecule has 6 nitrogen and oxygen atoms in total. The molecule has 2 aromatic carbocycles. The van der Waals surface area contributed by atoms with Crippen LogP contribution in [0.3, 0.4) is 0 Å². The summed E-state index contributed by atoms with van der Waals surface area (Å²) in [5, 5.41) is 11.7. The second kappa shape index (κ2) is 6.05. The molecule has 6 heteroatoms. The lowest BCUT2D eigenvalue weighted by Crippen LogP contribution is -2.10. The Morgan fingerprint density at radius 1 is 0.885 bits per heavy atom. The van der Waals surface area contributed by atoms with Gasteiger partial charge in [0.1, 0.15) is 11.5 Å². The smallest absolute Gasteiger partial charge is 0.121 e. The topological polar surface area (TPSA) is 54.1 Å². The average molecular weight is 350 g/mol. The summed E-state index contributed by atoms with van der Waals surface area (Å²) in [6.07, 6.45) is 0. The van der Waals surface area contributed by atoms with E-state index in [-0.39, 0.29) is 6.04 Å². The Bertz CT molecular complexity index is 1020. The molecule has 0 fully saturated rings. The highest BCUT2D eigenvalue weighted by Crippen LogP contribution is 2.32. The standard InChI is InChI=1S/C20H22N4O2/c1-12-16-8-6-15(26-5)11-19(16)24(21-12)13(2)20-17-10-14(25-4)7-9-18(17)23(3)22-20/h6-11,13H,1-5H3. The minimum Gasteiger partial charge on any atom is -0.497 e. The van der Waals surface area contributed by atoms with Crippen molar-refractivity contribution in [2.75, 3.05) is 14.2 Å². The molecule has 0 saturated heterocycles. The summed E-state index contributed by atoms with van der Waals surface area (Å²) in [4.78, 5) is 0. The Morgan fingerprint density at radius 2 is 1.58 bits per heavy atom. The largest absolute Gasteiger partial charge is 0.497 e. The number of aryl methyl sites for hydroxylation is 2. The van der Waals surface area contributed by atoms with Crippen molar-refractivity contribution in [1.29, 1.82) is 0 Å². The molecule has 0 aliphatic rings. The van der Waals surface area contributed by atoms with Gasteiger partial charge >= 0.3 is 0 Å². The van der Waals surface area contributed by atoms with Crippen LogP contribution < -0.4 is 9.47 Å². The maximum atomic E-state index is 5.40. The van der Waals surface area contributed by atoms with Crippen LogP contribution in [0.25, 0.3) is 21.8 Å². The van der Waals surface area contributed by atoms with Gasteiger partial charge in [-0.1, -0.05) is 0 Å². The van der Waals surface area contributed by atoms with Crippen LogP contribution in [0.4, 0.5) is 0 Å². The molecule has 0 saturated carbocycles. The van der Waals surface area contributed by atoms with Crippen LogP contribution in [0.1, 0.15) is 24.4 Å². The van der Waals surface area contributed by atoms with Crippen LogP contribution in [0.2, 0.25) is 0 Å². The van der Waals surface area contributed by atoms with E-state index in [9.17, 15) is 0 Å². The Morgan fingerprint density at radius 3 is 2.31 bits per heavy atom. The Labute approximate surface area is 151 Å². The zero-order valence-electron chi connectivity index (χ0n) is 15.6. The first-order chi connectivity index (χ1) is 12.5. The van der Waals surface area contributed by atoms with Crippen molar-refractivity contribution in [2.45, 2.75) is 19.9 Å². The number of hydrogen-bond donors (Lipinski definition) is 0. The van der Waals surface area contributed by atoms with Crippen LogP contribution in [0.15, 0.2) is 36.4 Å². The van der Waals surface area contributed by atoms with E-state index < -0.39 is 0 Å². The molecule has 26 heavy (non-hydrogen) atoms. The van der Waals surface area contributed by atoms with Crippen molar-refractivity contribution in [3.63, 3.8) is 0 Å². The fourth-order valence-electron chi connectivity index (χ4n) is 3.52. The SMILES string of the molecule is COc1ccc2c(c1)c(C(C)n1nc(C)c3ccc(OC)cc31)nn2C. The number of hydrogen-bond acceptors (Lipinski definition) is 4. The van der Waals surface area contributed by atoms with Gasteiger partial charge in [-0.05, 0) is 44.2 Å². The van der Waals surface area contributed by atoms with Crippen molar-refractivity contribution in [2.24, 2.45) is 7.05 Å². The van der Waals surface area contributed by atoms with Gasteiger partial charge < -0.3 is 9.47 Å². The molecular formula is C20H22N4O2. The van der Waals surface area contributed by atoms with E-state index >= 15 is 0 Å². The van der Waals surface area contributed by atoms with Crippen LogP contribution in [0, 0.1) is 6.92 Å². The molecule has 134 valence electrons. The third-order valence-corrected chi connectivity index (χ3v) is 4.95. The Balaban J connectivity index is 1.92. The first-order valence-electron chi connectivity index (χ1n) is 8.57. The Kier molecular flexibility index (Phi) is 3.83. The van der Waals surface area contributed by atoms with Gasteiger partial charge in [-0.25, -0.2) is 0 Å². The molecule has 2 heterocycles. The minimum absolute atomic E-state index is 0.0332. The lowest BCUT2D eigenvalue weighted by Gasteiger charge is -2.12. The fourth-order valence-corrected chi connectivity index (χ4v) is 3.52. The van der Waals surface area contributed by atoms with Gasteiger partial charge in [-0.2, -0.15) is 10.2 Å². The van der Waals surface area contributed by atoms with Crippen molar-refractivity contribution in [3.05, 3.63) is 47.8 Å². The van der Waals surface area contributed by atoms with Gasteiger partial charge in [0.25, 0.3) is 0 Å². The zero-order chi connectivity index (χ0) is 18.4. The summed E-state index contributed by atoms with van der Waals surface area (Å²) in [5.74, 6) is 1.64. The highest BCUT2D eigenvalue weighted by molar-refractivity contribution is 5.86. The van der Waals surface area contributed by atoms with Crippen molar-refractivity contribution in [1.82, 2.24) is 19.6 Å². The first-order valence-corrected chi connectivity index (χ1v) is 8.57. The maximum Gasteiger partial charge on any atom is 0.121 e. The van der Waals surface area contributed by atoms with E-state index in [2.05, 4.69) is 13.0 Å². The number of benzene rings is 2. The molecule has 0 amide bonds. The number of fused-ring (bicyclic) bond motifs is 2. The van der Waals surface area contributed by atoms with Crippen LogP contribution in [0.5, 0.6) is 11.5 Å². The number of aromatic nitrogens is 4. The summed E-state index contributed by atoms with van der Waals surface area (Å²) in [7, 11) is 5.31. The maximum absolute atomic E-state index is 5.40. The third kappa shape index (κ3) is 2.41. The van der Waals surface area contributed by atoms with Crippen molar-refractivity contribution in [3.8, 4) is 11.5 Å². The normalized spacial score (nSPS) is 12.7. The van der Waals surface area contributed by atoms with Crippen LogP contribution >= 0.6 is 0 Å². The molecule has 0 spiro atoms. The lowest BCUT2D eigenvalue weighted by atomic mass is 10.1. The molecule has 4 aromatic rings. The third-order valence-electron chi connectivity index (χ3n) is 4.95. The molecule has 1 atom stereocenters. The summed E-state index contributed by atoms with van der Waals surface area (Å²) in [6.45, 7) is 4.14. The van der Waals surface area contributed by atoms with E-state index in [4.69, 9.17) is 19.7 Å². The van der Waals surface area contributed by atoms with Gasteiger partial charge in [0, 0.05) is 23.9 Å². The number of nitrogens with zero attached hydrogens (tertiary/aromatic N) is 4. The van der Waals surface area contributed by atoms with E-state index in [1.54, 1.807) is 14.2 Å². The van der Waals surface area contributed by atoms with E-state index in [0.29, 0.717) is 0 Å². The zero-order valence-corrected chi connectivity index (χ0v) is 15.6. The van der Waals surface area contributed by atoms with E-state index in [1.165, 1.54) is 0 Å². The summed E-state index contributed by atoms with van der Waals surface area (Å²) < 4.78 is 14.7. The predicted molar refractivity (Wildman–Crippen MR) is 102 cm³/mol. The number of methoxy groups -OCH3 is 2. The van der Waals surface area contributed by atoms with Gasteiger partial charge in [-0.15, -0.1) is 0 Å². The predicted octanol–water partition coefficient (Wildman–Crippen LogP) is 3.86. The van der Waals surface area contributed by atoms with Crippen molar-refractivity contribution >= 4 is 21.8 Å². The van der Waals surface area contributed by atoms with Gasteiger partial charge in [0.2, 0.25) is 0 Å². The molecule has 2 aromatic heterocycles. The molecule has 1 unspecified atom stereocenters. The molecule has 0 radical (unpaired) electrons. The summed E-state index contributed by atoms with van der Waals surface area (Å²) in [5.41, 5.74) is 4.07. The molecule has 0 aliphatic carbocycles. The molecule has 0 aliphatic heterocycles. The average Bonchev–Trinajstić information content (AvgIpc) is 3.17. The highest BCUT2D eigenvalue weighted by atomic mass is 16.5. The lowest BCUT2D eigenvalue weighted by molar-refractivity contribution is 0.415. The van der Waals surface area contributed by atoms with Gasteiger partial charge in [0.05, 0.1) is 42.7 Å². The molecule has 4 rings (SSSR count). The van der Waals surface area contributed by atoms with Crippen LogP contribution in [-0.4, -0.2) is 33.8 Å². The second-order valence-electron chi connectivity index (χ2n) is 6.48. The first kappa shape index (κ1) is 16.4. The van der Waals surface area contributed by atoms with Crippen LogP contribution in [-0.2, 0) is 7.05 Å².